The number of rotatable bonds is 2. The molecule has 2 rings (SSSR count). The van der Waals surface area contributed by atoms with Gasteiger partial charge in [0.05, 0.1) is 23.4 Å². The molecule has 1 aromatic rings. The van der Waals surface area contributed by atoms with Crippen molar-refractivity contribution in [1.82, 2.24) is 5.32 Å². The van der Waals surface area contributed by atoms with E-state index in [0.717, 1.165) is 31.9 Å². The van der Waals surface area contributed by atoms with Gasteiger partial charge in [-0.05, 0) is 12.1 Å². The van der Waals surface area contributed by atoms with Crippen molar-refractivity contribution in [1.29, 1.82) is 0 Å². The van der Waals surface area contributed by atoms with Crippen molar-refractivity contribution < 1.29 is 9.53 Å². The van der Waals surface area contributed by atoms with Crippen LogP contribution in [-0.4, -0.2) is 39.3 Å². The lowest BCUT2D eigenvalue weighted by Crippen LogP contribution is -2.43. The highest BCUT2D eigenvalue weighted by Crippen LogP contribution is 2.31. The molecule has 98 valence electrons. The number of hydrogen-bond acceptors (Lipinski definition) is 5. The molecule has 1 fully saturated rings. The molecule has 0 aliphatic carbocycles. The van der Waals surface area contributed by atoms with Gasteiger partial charge in [0.2, 0.25) is 0 Å². The fourth-order valence-electron chi connectivity index (χ4n) is 2.01. The van der Waals surface area contributed by atoms with E-state index >= 15 is 0 Å². The number of anilines is 2. The first-order valence-corrected chi connectivity index (χ1v) is 6.14. The number of piperazine rings is 1. The Morgan fingerprint density at radius 1 is 1.44 bits per heavy atom. The molecule has 0 amide bonds. The van der Waals surface area contributed by atoms with Crippen LogP contribution in [0.1, 0.15) is 10.4 Å². The smallest absolute Gasteiger partial charge is 0.340 e. The number of nitrogens with one attached hydrogen (secondary N) is 1. The molecule has 0 spiro atoms. The third-order valence-electron chi connectivity index (χ3n) is 2.98. The van der Waals surface area contributed by atoms with Crippen molar-refractivity contribution in [3.63, 3.8) is 0 Å². The number of nitrogens with two attached hydrogens (primary N) is 1. The van der Waals surface area contributed by atoms with Crippen molar-refractivity contribution in [3.8, 4) is 0 Å². The maximum atomic E-state index is 11.5. The Morgan fingerprint density at radius 3 is 2.72 bits per heavy atom. The van der Waals surface area contributed by atoms with Crippen LogP contribution < -0.4 is 16.0 Å². The molecule has 1 heterocycles. The fraction of sp³-hybridized carbons (Fsp3) is 0.417. The minimum absolute atomic E-state index is 0.307. The number of benzene rings is 1. The first-order valence-electron chi connectivity index (χ1n) is 5.76. The summed E-state index contributed by atoms with van der Waals surface area (Å²) in [6.07, 6.45) is 0. The number of carbonyl (C=O) groups excluding carboxylic acids is 1. The Hall–Kier alpha value is -1.46. The van der Waals surface area contributed by atoms with E-state index in [0.29, 0.717) is 16.3 Å². The summed E-state index contributed by atoms with van der Waals surface area (Å²) in [5, 5.41) is 3.79. The second-order valence-electron chi connectivity index (χ2n) is 4.12. The summed E-state index contributed by atoms with van der Waals surface area (Å²) in [5.74, 6) is -0.471. The Labute approximate surface area is 111 Å². The SMILES string of the molecule is COC(=O)c1cc(Cl)c(N2CCNCC2)cc1N. The topological polar surface area (TPSA) is 67.6 Å². The number of nitrogen functional groups attached to an aromatic ring is 1. The zero-order valence-electron chi connectivity index (χ0n) is 10.2. The summed E-state index contributed by atoms with van der Waals surface area (Å²) in [7, 11) is 1.32. The molecule has 0 atom stereocenters. The molecule has 18 heavy (non-hydrogen) atoms. The van der Waals surface area contributed by atoms with Crippen LogP contribution in [0.25, 0.3) is 0 Å². The van der Waals surface area contributed by atoms with Gasteiger partial charge in [0.1, 0.15) is 0 Å². The highest BCUT2D eigenvalue weighted by Gasteiger charge is 2.18. The molecular weight excluding hydrogens is 254 g/mol. The average molecular weight is 270 g/mol. The molecule has 0 aromatic heterocycles. The van der Waals surface area contributed by atoms with Gasteiger partial charge in [-0.25, -0.2) is 4.79 Å². The molecule has 0 radical (unpaired) electrons. The van der Waals surface area contributed by atoms with Crippen molar-refractivity contribution in [2.24, 2.45) is 0 Å². The highest BCUT2D eigenvalue weighted by molar-refractivity contribution is 6.33. The monoisotopic (exact) mass is 269 g/mol. The van der Waals surface area contributed by atoms with E-state index in [1.54, 1.807) is 12.1 Å². The maximum absolute atomic E-state index is 11.5. The first kappa shape index (κ1) is 13.0. The average Bonchev–Trinajstić information content (AvgIpc) is 2.41. The second kappa shape index (κ2) is 5.46. The van der Waals surface area contributed by atoms with Gasteiger partial charge in [-0.2, -0.15) is 0 Å². The Bertz CT molecular complexity index is 459. The van der Waals surface area contributed by atoms with Crippen LogP contribution in [0.4, 0.5) is 11.4 Å². The molecular formula is C12H16ClN3O2. The van der Waals surface area contributed by atoms with Crippen molar-refractivity contribution in [3.05, 3.63) is 22.7 Å². The predicted octanol–water partition coefficient (Wildman–Crippen LogP) is 1.12. The minimum atomic E-state index is -0.471. The van der Waals surface area contributed by atoms with Crippen molar-refractivity contribution in [2.45, 2.75) is 0 Å². The molecule has 1 aliphatic rings. The second-order valence-corrected chi connectivity index (χ2v) is 4.53. The van der Waals surface area contributed by atoms with Gasteiger partial charge in [0.15, 0.2) is 0 Å². The molecule has 3 N–H and O–H groups in total. The normalized spacial score (nSPS) is 15.6. The van der Waals surface area contributed by atoms with E-state index in [4.69, 9.17) is 17.3 Å². The molecule has 0 saturated carbocycles. The van der Waals surface area contributed by atoms with E-state index in [1.807, 2.05) is 0 Å². The summed E-state index contributed by atoms with van der Waals surface area (Å²) >= 11 is 6.21. The maximum Gasteiger partial charge on any atom is 0.340 e. The number of carbonyl (C=O) groups is 1. The van der Waals surface area contributed by atoms with E-state index in [-0.39, 0.29) is 0 Å². The number of halogens is 1. The van der Waals surface area contributed by atoms with Crippen LogP contribution in [0.5, 0.6) is 0 Å². The largest absolute Gasteiger partial charge is 0.465 e. The molecule has 1 aromatic carbocycles. The number of methoxy groups -OCH3 is 1. The summed E-state index contributed by atoms with van der Waals surface area (Å²) < 4.78 is 4.66. The molecule has 1 saturated heterocycles. The minimum Gasteiger partial charge on any atom is -0.465 e. The van der Waals surface area contributed by atoms with Gasteiger partial charge >= 0.3 is 5.97 Å². The van der Waals surface area contributed by atoms with Gasteiger partial charge in [-0.15, -0.1) is 0 Å². The van der Waals surface area contributed by atoms with Crippen LogP contribution in [0.3, 0.4) is 0 Å². The zero-order chi connectivity index (χ0) is 13.1. The van der Waals surface area contributed by atoms with Crippen molar-refractivity contribution >= 4 is 28.9 Å². The molecule has 5 nitrogen and oxygen atoms in total. The van der Waals surface area contributed by atoms with E-state index in [2.05, 4.69) is 15.0 Å². The quantitative estimate of drug-likeness (QED) is 0.622. The Kier molecular flexibility index (Phi) is 3.93. The molecule has 0 bridgehead atoms. The number of nitrogens with zero attached hydrogens (tertiary/aromatic N) is 1. The Balaban J connectivity index is 2.33. The zero-order valence-corrected chi connectivity index (χ0v) is 11.0. The van der Waals surface area contributed by atoms with Gasteiger partial charge in [0.25, 0.3) is 0 Å². The van der Waals surface area contributed by atoms with E-state index in [9.17, 15) is 4.79 Å². The fourth-order valence-corrected chi connectivity index (χ4v) is 2.30. The van der Waals surface area contributed by atoms with E-state index < -0.39 is 5.97 Å². The lowest BCUT2D eigenvalue weighted by atomic mass is 10.1. The van der Waals surface area contributed by atoms with Gasteiger partial charge in [-0.3, -0.25) is 0 Å². The summed E-state index contributed by atoms with van der Waals surface area (Å²) in [6, 6.07) is 3.31. The number of hydrogen-bond donors (Lipinski definition) is 2. The standard InChI is InChI=1S/C12H16ClN3O2/c1-18-12(17)8-6-9(13)11(7-10(8)14)16-4-2-15-3-5-16/h6-7,15H,2-5,14H2,1H3. The molecule has 6 heteroatoms. The third-order valence-corrected chi connectivity index (χ3v) is 3.28. The van der Waals surface area contributed by atoms with E-state index in [1.165, 1.54) is 7.11 Å². The van der Waals surface area contributed by atoms with Crippen LogP contribution in [-0.2, 0) is 4.74 Å². The summed E-state index contributed by atoms with van der Waals surface area (Å²) in [4.78, 5) is 13.6. The molecule has 1 aliphatic heterocycles. The van der Waals surface area contributed by atoms with Crippen LogP contribution in [0, 0.1) is 0 Å². The number of ether oxygens (including phenoxy) is 1. The van der Waals surface area contributed by atoms with Gasteiger partial charge in [-0.1, -0.05) is 11.6 Å². The Morgan fingerprint density at radius 2 is 2.11 bits per heavy atom. The van der Waals surface area contributed by atoms with Crippen LogP contribution in [0.15, 0.2) is 12.1 Å². The van der Waals surface area contributed by atoms with Crippen LogP contribution >= 0.6 is 11.6 Å². The third kappa shape index (κ3) is 2.52. The number of esters is 1. The van der Waals surface area contributed by atoms with Crippen molar-refractivity contribution in [2.75, 3.05) is 43.9 Å². The summed E-state index contributed by atoms with van der Waals surface area (Å²) in [5.41, 5.74) is 7.43. The van der Waals surface area contributed by atoms with Gasteiger partial charge < -0.3 is 20.7 Å². The summed E-state index contributed by atoms with van der Waals surface area (Å²) in [6.45, 7) is 3.57. The van der Waals surface area contributed by atoms with Gasteiger partial charge in [0, 0.05) is 31.9 Å². The lowest BCUT2D eigenvalue weighted by molar-refractivity contribution is 0.0602. The first-order chi connectivity index (χ1) is 8.63. The predicted molar refractivity (Wildman–Crippen MR) is 72.3 cm³/mol. The highest BCUT2D eigenvalue weighted by atomic mass is 35.5. The lowest BCUT2D eigenvalue weighted by Gasteiger charge is -2.30. The molecule has 0 unspecified atom stereocenters. The van der Waals surface area contributed by atoms with Crippen LogP contribution in [0.2, 0.25) is 5.02 Å².